The van der Waals surface area contributed by atoms with Crippen LogP contribution >= 0.6 is 0 Å². The Morgan fingerprint density at radius 3 is 2.73 bits per heavy atom. The van der Waals surface area contributed by atoms with Crippen molar-refractivity contribution >= 4 is 11.6 Å². The highest BCUT2D eigenvalue weighted by atomic mass is 16.5. The molecule has 0 unspecified atom stereocenters. The highest BCUT2D eigenvalue weighted by Crippen LogP contribution is 2.32. The van der Waals surface area contributed by atoms with Crippen molar-refractivity contribution in [2.24, 2.45) is 10.7 Å². The maximum absolute atomic E-state index is 6.08. The van der Waals surface area contributed by atoms with E-state index in [1.807, 2.05) is 60.7 Å². The number of hydrogen-bond donors (Lipinski definition) is 2. The second-order valence-corrected chi connectivity index (χ2v) is 6.78. The van der Waals surface area contributed by atoms with E-state index < -0.39 is 0 Å². The van der Waals surface area contributed by atoms with Crippen LogP contribution in [0.5, 0.6) is 17.4 Å². The Bertz CT molecular complexity index is 1010. The summed E-state index contributed by atoms with van der Waals surface area (Å²) < 4.78 is 17.2. The average molecular weight is 404 g/mol. The van der Waals surface area contributed by atoms with E-state index in [9.17, 15) is 0 Å². The minimum absolute atomic E-state index is 0.294. The molecule has 1 aromatic heterocycles. The second-order valence-electron chi connectivity index (χ2n) is 6.78. The predicted octanol–water partition coefficient (Wildman–Crippen LogP) is 3.75. The van der Waals surface area contributed by atoms with Crippen LogP contribution < -0.4 is 25.3 Å². The Balaban J connectivity index is 1.39. The summed E-state index contributed by atoms with van der Waals surface area (Å²) in [6.45, 7) is 2.08. The summed E-state index contributed by atoms with van der Waals surface area (Å²) in [7, 11) is 0. The van der Waals surface area contributed by atoms with Gasteiger partial charge in [0.25, 0.3) is 0 Å². The van der Waals surface area contributed by atoms with E-state index in [1.165, 1.54) is 0 Å². The number of benzene rings is 2. The third-order valence-corrected chi connectivity index (χ3v) is 4.51. The van der Waals surface area contributed by atoms with Crippen molar-refractivity contribution in [1.82, 2.24) is 4.98 Å². The molecule has 0 saturated carbocycles. The van der Waals surface area contributed by atoms with Crippen LogP contribution in [0.25, 0.3) is 0 Å². The van der Waals surface area contributed by atoms with Gasteiger partial charge in [-0.3, -0.25) is 0 Å². The van der Waals surface area contributed by atoms with E-state index in [-0.39, 0.29) is 0 Å². The summed E-state index contributed by atoms with van der Waals surface area (Å²) in [6.07, 6.45) is 2.56. The van der Waals surface area contributed by atoms with Crippen molar-refractivity contribution < 1.29 is 14.2 Å². The normalized spacial score (nSPS) is 13.4. The number of rotatable bonds is 6. The first-order valence-corrected chi connectivity index (χ1v) is 9.85. The van der Waals surface area contributed by atoms with E-state index in [2.05, 4.69) is 15.3 Å². The third kappa shape index (κ3) is 5.20. The summed E-state index contributed by atoms with van der Waals surface area (Å²) in [6, 6.07) is 19.4. The number of nitrogens with two attached hydrogens (primary N) is 1. The van der Waals surface area contributed by atoms with Crippen LogP contribution in [0, 0.1) is 0 Å². The van der Waals surface area contributed by atoms with Crippen LogP contribution in [0.2, 0.25) is 0 Å². The molecule has 1 aliphatic heterocycles. The molecule has 7 nitrogen and oxygen atoms in total. The van der Waals surface area contributed by atoms with Crippen molar-refractivity contribution in [3.05, 3.63) is 78.0 Å². The quantitative estimate of drug-likeness (QED) is 0.480. The minimum atomic E-state index is 0.294. The molecule has 0 spiro atoms. The molecule has 0 radical (unpaired) electrons. The van der Waals surface area contributed by atoms with Gasteiger partial charge in [-0.05, 0) is 23.8 Å². The third-order valence-electron chi connectivity index (χ3n) is 4.51. The van der Waals surface area contributed by atoms with Gasteiger partial charge >= 0.3 is 0 Å². The zero-order valence-corrected chi connectivity index (χ0v) is 16.6. The number of hydrogen-bond acceptors (Lipinski definition) is 5. The molecule has 3 aromatic rings. The molecule has 0 bridgehead atoms. The Morgan fingerprint density at radius 2 is 1.87 bits per heavy atom. The summed E-state index contributed by atoms with van der Waals surface area (Å²) in [5.41, 5.74) is 8.80. The van der Waals surface area contributed by atoms with Crippen molar-refractivity contribution in [3.63, 3.8) is 0 Å². The van der Waals surface area contributed by atoms with Crippen LogP contribution in [0.1, 0.15) is 17.5 Å². The molecule has 0 fully saturated rings. The van der Waals surface area contributed by atoms with Crippen LogP contribution in [-0.4, -0.2) is 24.2 Å². The van der Waals surface area contributed by atoms with Gasteiger partial charge in [-0.2, -0.15) is 0 Å². The fourth-order valence-corrected chi connectivity index (χ4v) is 3.00. The standard InChI is InChI=1S/C23H24N4O3/c24-23(27-19-9-10-20-21(14-19)29-13-5-12-28-20)26-15-18-8-4-11-25-22(18)30-16-17-6-2-1-3-7-17/h1-4,6-11,14H,5,12-13,15-16H2,(H3,24,26,27). The summed E-state index contributed by atoms with van der Waals surface area (Å²) >= 11 is 0. The molecule has 2 aromatic carbocycles. The van der Waals surface area contributed by atoms with E-state index >= 15 is 0 Å². The van der Waals surface area contributed by atoms with Gasteiger partial charge in [-0.1, -0.05) is 36.4 Å². The lowest BCUT2D eigenvalue weighted by Crippen LogP contribution is -2.22. The van der Waals surface area contributed by atoms with Gasteiger partial charge in [0.2, 0.25) is 5.88 Å². The van der Waals surface area contributed by atoms with Gasteiger partial charge in [0.1, 0.15) is 6.61 Å². The second kappa shape index (κ2) is 9.65. The van der Waals surface area contributed by atoms with Crippen LogP contribution in [-0.2, 0) is 13.2 Å². The van der Waals surface area contributed by atoms with Gasteiger partial charge < -0.3 is 25.3 Å². The fourth-order valence-electron chi connectivity index (χ4n) is 3.00. The molecule has 0 saturated heterocycles. The van der Waals surface area contributed by atoms with Gasteiger partial charge in [0, 0.05) is 29.9 Å². The number of nitrogens with zero attached hydrogens (tertiary/aromatic N) is 2. The first-order valence-electron chi connectivity index (χ1n) is 9.85. The molecule has 154 valence electrons. The van der Waals surface area contributed by atoms with E-state index in [0.29, 0.717) is 44.0 Å². The van der Waals surface area contributed by atoms with E-state index in [4.69, 9.17) is 19.9 Å². The Labute approximate surface area is 175 Å². The highest BCUT2D eigenvalue weighted by molar-refractivity contribution is 5.92. The molecule has 3 N–H and O–H groups in total. The molecule has 0 amide bonds. The summed E-state index contributed by atoms with van der Waals surface area (Å²) in [5.74, 6) is 2.29. The van der Waals surface area contributed by atoms with E-state index in [0.717, 1.165) is 29.0 Å². The molecule has 0 atom stereocenters. The molecule has 4 rings (SSSR count). The van der Waals surface area contributed by atoms with Gasteiger partial charge in [0.15, 0.2) is 17.5 Å². The lowest BCUT2D eigenvalue weighted by Gasteiger charge is -2.11. The number of aromatic nitrogens is 1. The molecule has 7 heteroatoms. The highest BCUT2D eigenvalue weighted by Gasteiger charge is 2.11. The smallest absolute Gasteiger partial charge is 0.218 e. The van der Waals surface area contributed by atoms with Crippen molar-refractivity contribution in [2.75, 3.05) is 18.5 Å². The molecule has 30 heavy (non-hydrogen) atoms. The molecule has 2 heterocycles. The lowest BCUT2D eigenvalue weighted by atomic mass is 10.2. The van der Waals surface area contributed by atoms with Gasteiger partial charge in [-0.15, -0.1) is 0 Å². The number of fused-ring (bicyclic) bond motifs is 1. The predicted molar refractivity (Wildman–Crippen MR) is 116 cm³/mol. The zero-order chi connectivity index (χ0) is 20.6. The maximum Gasteiger partial charge on any atom is 0.218 e. The molecular formula is C23H24N4O3. The number of anilines is 1. The van der Waals surface area contributed by atoms with Crippen LogP contribution in [0.15, 0.2) is 71.9 Å². The van der Waals surface area contributed by atoms with Crippen molar-refractivity contribution in [3.8, 4) is 17.4 Å². The number of aliphatic imine (C=N–C) groups is 1. The molecule has 0 aliphatic carbocycles. The Kier molecular flexibility index (Phi) is 6.29. The first kappa shape index (κ1) is 19.6. The molecular weight excluding hydrogens is 380 g/mol. The van der Waals surface area contributed by atoms with Crippen LogP contribution in [0.4, 0.5) is 5.69 Å². The minimum Gasteiger partial charge on any atom is -0.490 e. The number of pyridine rings is 1. The summed E-state index contributed by atoms with van der Waals surface area (Å²) in [5, 5.41) is 3.09. The number of guanidine groups is 1. The number of nitrogens with one attached hydrogen (secondary N) is 1. The average Bonchev–Trinajstić information content (AvgIpc) is 3.02. The Hall–Kier alpha value is -3.74. The molecule has 1 aliphatic rings. The Morgan fingerprint density at radius 1 is 1.03 bits per heavy atom. The summed E-state index contributed by atoms with van der Waals surface area (Å²) in [4.78, 5) is 8.76. The largest absolute Gasteiger partial charge is 0.490 e. The zero-order valence-electron chi connectivity index (χ0n) is 16.6. The SMILES string of the molecule is NC(=NCc1cccnc1OCc1ccccc1)Nc1ccc2c(c1)OCCCO2. The lowest BCUT2D eigenvalue weighted by molar-refractivity contribution is 0.290. The topological polar surface area (TPSA) is 91.0 Å². The van der Waals surface area contributed by atoms with Crippen molar-refractivity contribution in [1.29, 1.82) is 0 Å². The first-order chi connectivity index (χ1) is 14.8. The van der Waals surface area contributed by atoms with E-state index in [1.54, 1.807) is 6.20 Å². The van der Waals surface area contributed by atoms with Crippen LogP contribution in [0.3, 0.4) is 0 Å². The van der Waals surface area contributed by atoms with Gasteiger partial charge in [-0.25, -0.2) is 9.98 Å². The monoisotopic (exact) mass is 404 g/mol. The fraction of sp³-hybridized carbons (Fsp3) is 0.217. The van der Waals surface area contributed by atoms with Gasteiger partial charge in [0.05, 0.1) is 19.8 Å². The van der Waals surface area contributed by atoms with Crippen molar-refractivity contribution in [2.45, 2.75) is 19.6 Å². The maximum atomic E-state index is 6.08. The number of ether oxygens (including phenoxy) is 3.